The molecule has 1 aromatic heterocycles. The molecule has 1 aromatic carbocycles. The Bertz CT molecular complexity index is 801. The minimum Gasteiger partial charge on any atom is -1.00 e. The molecule has 0 unspecified atom stereocenters. The number of halogens is 2. The summed E-state index contributed by atoms with van der Waals surface area (Å²) in [5, 5.41) is 3.33. The second-order valence-electron chi connectivity index (χ2n) is 8.16. The van der Waals surface area contributed by atoms with Crippen molar-refractivity contribution in [3.05, 3.63) is 58.9 Å². The largest absolute Gasteiger partial charge is 1.00 e. The Morgan fingerprint density at radius 3 is 2.25 bits per heavy atom. The molecular formula is C26H38ClIN2O2. The van der Waals surface area contributed by atoms with Gasteiger partial charge in [-0.05, 0) is 24.6 Å². The van der Waals surface area contributed by atoms with E-state index in [2.05, 4.69) is 12.2 Å². The van der Waals surface area contributed by atoms with E-state index in [1.54, 1.807) is 12.1 Å². The fraction of sp³-hybridized carbons (Fsp3) is 0.538. The van der Waals surface area contributed by atoms with Gasteiger partial charge in [0.15, 0.2) is 11.9 Å². The third-order valence-corrected chi connectivity index (χ3v) is 5.86. The molecular weight excluding hydrogens is 535 g/mol. The number of aryl methyl sites for hydroxylation is 1. The number of benzene rings is 1. The highest BCUT2D eigenvalue weighted by Gasteiger charge is 2.13. The first-order valence-electron chi connectivity index (χ1n) is 11.8. The Morgan fingerprint density at radius 1 is 0.969 bits per heavy atom. The molecule has 6 heteroatoms. The number of ether oxygens (including phenoxy) is 1. The van der Waals surface area contributed by atoms with Gasteiger partial charge in [-0.3, -0.25) is 4.79 Å². The van der Waals surface area contributed by atoms with E-state index in [1.165, 1.54) is 57.8 Å². The van der Waals surface area contributed by atoms with Crippen LogP contribution < -0.4 is 38.6 Å². The van der Waals surface area contributed by atoms with Gasteiger partial charge in [0.2, 0.25) is 0 Å². The predicted molar refractivity (Wildman–Crippen MR) is 128 cm³/mol. The Kier molecular flexibility index (Phi) is 15.4. The Morgan fingerprint density at radius 2 is 1.62 bits per heavy atom. The van der Waals surface area contributed by atoms with Crippen molar-refractivity contribution in [2.75, 3.05) is 6.61 Å². The molecule has 0 aliphatic carbocycles. The van der Waals surface area contributed by atoms with E-state index >= 15 is 0 Å². The minimum absolute atomic E-state index is 0. The van der Waals surface area contributed by atoms with Crippen molar-refractivity contribution in [2.45, 2.75) is 77.7 Å². The van der Waals surface area contributed by atoms with Crippen LogP contribution in [0, 0.1) is 0 Å². The molecule has 1 N–H and O–H groups in total. The van der Waals surface area contributed by atoms with E-state index < -0.39 is 0 Å². The molecule has 2 aromatic rings. The molecule has 0 radical (unpaired) electrons. The smallest absolute Gasteiger partial charge is 0.253 e. The van der Waals surface area contributed by atoms with Gasteiger partial charge in [0.05, 0.1) is 17.2 Å². The van der Waals surface area contributed by atoms with E-state index in [0.29, 0.717) is 29.5 Å². The van der Waals surface area contributed by atoms with Crippen molar-refractivity contribution in [3.8, 4) is 5.75 Å². The van der Waals surface area contributed by atoms with Gasteiger partial charge in [0.25, 0.3) is 5.91 Å². The van der Waals surface area contributed by atoms with E-state index in [9.17, 15) is 4.79 Å². The fourth-order valence-corrected chi connectivity index (χ4v) is 3.81. The molecule has 0 aliphatic heterocycles. The monoisotopic (exact) mass is 572 g/mol. The zero-order valence-corrected chi connectivity index (χ0v) is 22.5. The Labute approximate surface area is 216 Å². The molecule has 0 fully saturated rings. The molecule has 0 saturated heterocycles. The number of nitrogens with zero attached hydrogens (tertiary/aromatic N) is 1. The van der Waals surface area contributed by atoms with Gasteiger partial charge in [-0.1, -0.05) is 82.4 Å². The normalized spacial score (nSPS) is 10.5. The number of rotatable bonds is 15. The van der Waals surface area contributed by atoms with Gasteiger partial charge < -0.3 is 34.0 Å². The lowest BCUT2D eigenvalue weighted by Gasteiger charge is -2.10. The summed E-state index contributed by atoms with van der Waals surface area (Å²) >= 11 is 6.33. The zero-order valence-electron chi connectivity index (χ0n) is 19.5. The van der Waals surface area contributed by atoms with Crippen LogP contribution in [-0.2, 0) is 13.6 Å². The number of nitrogens with one attached hydrogen (secondary N) is 1. The van der Waals surface area contributed by atoms with Crippen LogP contribution in [-0.4, -0.2) is 12.5 Å². The maximum atomic E-state index is 12.5. The maximum absolute atomic E-state index is 12.5. The van der Waals surface area contributed by atoms with Crippen LogP contribution in [0.2, 0.25) is 5.02 Å². The number of hydrogen-bond acceptors (Lipinski definition) is 2. The molecule has 1 heterocycles. The van der Waals surface area contributed by atoms with Crippen LogP contribution in [0.1, 0.15) is 87.2 Å². The molecule has 4 nitrogen and oxygen atoms in total. The first kappa shape index (κ1) is 28.7. The highest BCUT2D eigenvalue weighted by Crippen LogP contribution is 2.23. The van der Waals surface area contributed by atoms with Gasteiger partial charge in [0.1, 0.15) is 19.3 Å². The van der Waals surface area contributed by atoms with E-state index in [-0.39, 0.29) is 29.9 Å². The van der Waals surface area contributed by atoms with Crippen LogP contribution in [0.5, 0.6) is 5.75 Å². The molecule has 0 spiro atoms. The number of pyridine rings is 1. The number of hydrogen-bond donors (Lipinski definition) is 1. The quantitative estimate of drug-likeness (QED) is 0.202. The number of amides is 1. The first-order valence-corrected chi connectivity index (χ1v) is 12.1. The van der Waals surface area contributed by atoms with E-state index in [1.807, 2.05) is 42.1 Å². The third kappa shape index (κ3) is 11.0. The SMILES string of the molecule is CCCCCCCCCCCCOc1ccc(C(=O)NCc2cccc[n+]2C)c(Cl)c1.[I-]. The summed E-state index contributed by atoms with van der Waals surface area (Å²) in [6, 6.07) is 11.2. The average molecular weight is 573 g/mol. The second-order valence-corrected chi connectivity index (χ2v) is 8.56. The lowest BCUT2D eigenvalue weighted by molar-refractivity contribution is -0.679. The van der Waals surface area contributed by atoms with Crippen molar-refractivity contribution < 1.29 is 38.1 Å². The minimum atomic E-state index is -0.185. The van der Waals surface area contributed by atoms with Crippen LogP contribution >= 0.6 is 11.6 Å². The number of aromatic nitrogens is 1. The number of carbonyl (C=O) groups excluding carboxylic acids is 1. The number of carbonyl (C=O) groups is 1. The fourth-order valence-electron chi connectivity index (χ4n) is 3.56. The van der Waals surface area contributed by atoms with Crippen molar-refractivity contribution in [3.63, 3.8) is 0 Å². The number of unbranched alkanes of at least 4 members (excludes halogenated alkanes) is 9. The van der Waals surface area contributed by atoms with Crippen molar-refractivity contribution in [2.24, 2.45) is 7.05 Å². The molecule has 0 saturated carbocycles. The van der Waals surface area contributed by atoms with Crippen molar-refractivity contribution in [1.82, 2.24) is 5.32 Å². The van der Waals surface area contributed by atoms with Gasteiger partial charge in [0, 0.05) is 12.1 Å². The van der Waals surface area contributed by atoms with Crippen molar-refractivity contribution >= 4 is 17.5 Å². The summed E-state index contributed by atoms with van der Waals surface area (Å²) in [5.74, 6) is 0.530. The molecule has 1 amide bonds. The first-order chi connectivity index (χ1) is 15.1. The highest BCUT2D eigenvalue weighted by atomic mass is 127. The van der Waals surface area contributed by atoms with Gasteiger partial charge in [-0.15, -0.1) is 0 Å². The molecule has 0 aliphatic rings. The van der Waals surface area contributed by atoms with E-state index in [4.69, 9.17) is 16.3 Å². The molecule has 32 heavy (non-hydrogen) atoms. The average Bonchev–Trinajstić information content (AvgIpc) is 2.77. The van der Waals surface area contributed by atoms with Crippen LogP contribution in [0.3, 0.4) is 0 Å². The lowest BCUT2D eigenvalue weighted by atomic mass is 10.1. The molecule has 2 rings (SSSR count). The molecule has 0 atom stereocenters. The molecule has 0 bridgehead atoms. The summed E-state index contributed by atoms with van der Waals surface area (Å²) in [7, 11) is 1.95. The standard InChI is InChI=1S/C26H37ClN2O2.HI/c1-3-4-5-6-7-8-9-10-11-14-19-31-23-16-17-24(25(27)20-23)26(30)28-21-22-15-12-13-18-29(22)2;/h12-13,15-18,20H,3-11,14,19,21H2,1-2H3;1H. The lowest BCUT2D eigenvalue weighted by Crippen LogP contribution is -3.00. The van der Waals surface area contributed by atoms with Gasteiger partial charge >= 0.3 is 0 Å². The Hall–Kier alpha value is -1.34. The van der Waals surface area contributed by atoms with Gasteiger partial charge in [-0.2, -0.15) is 0 Å². The summed E-state index contributed by atoms with van der Waals surface area (Å²) in [4.78, 5) is 12.5. The van der Waals surface area contributed by atoms with Crippen LogP contribution in [0.15, 0.2) is 42.6 Å². The summed E-state index contributed by atoms with van der Waals surface area (Å²) in [5.41, 5.74) is 1.48. The highest BCUT2D eigenvalue weighted by molar-refractivity contribution is 6.34. The Balaban J connectivity index is 0.00000512. The third-order valence-electron chi connectivity index (χ3n) is 5.54. The maximum Gasteiger partial charge on any atom is 0.253 e. The van der Waals surface area contributed by atoms with E-state index in [0.717, 1.165) is 12.1 Å². The predicted octanol–water partition coefficient (Wildman–Crippen LogP) is 3.40. The summed E-state index contributed by atoms with van der Waals surface area (Å²) in [6.45, 7) is 3.39. The summed E-state index contributed by atoms with van der Waals surface area (Å²) in [6.07, 6.45) is 15.0. The van der Waals surface area contributed by atoms with Crippen molar-refractivity contribution in [1.29, 1.82) is 0 Å². The van der Waals surface area contributed by atoms with Gasteiger partial charge in [-0.25, -0.2) is 4.57 Å². The topological polar surface area (TPSA) is 42.2 Å². The van der Waals surface area contributed by atoms with Crippen LogP contribution in [0.4, 0.5) is 0 Å². The zero-order chi connectivity index (χ0) is 22.3. The van der Waals surface area contributed by atoms with Crippen LogP contribution in [0.25, 0.3) is 0 Å². The summed E-state index contributed by atoms with van der Waals surface area (Å²) < 4.78 is 7.80. The second kappa shape index (κ2) is 17.2. The molecule has 178 valence electrons.